The lowest BCUT2D eigenvalue weighted by Gasteiger charge is -2.20. The van der Waals surface area contributed by atoms with Gasteiger partial charge < -0.3 is 0 Å². The molecule has 0 N–H and O–H groups in total. The van der Waals surface area contributed by atoms with Crippen molar-refractivity contribution in [2.24, 2.45) is 0 Å². The normalized spacial score (nSPS) is 12.0. The van der Waals surface area contributed by atoms with Gasteiger partial charge >= 0.3 is 0 Å². The number of pyridine rings is 1. The summed E-state index contributed by atoms with van der Waals surface area (Å²) in [7, 11) is 0. The third kappa shape index (κ3) is 4.80. The van der Waals surface area contributed by atoms with Gasteiger partial charge in [0.25, 0.3) is 0 Å². The molecular weight excluding hydrogens is 410 g/mol. The Hall–Kier alpha value is -1.97. The van der Waals surface area contributed by atoms with Crippen LogP contribution in [0.4, 0.5) is 0 Å². The maximum Gasteiger partial charge on any atom is 0.139 e. The highest BCUT2D eigenvalue weighted by Crippen LogP contribution is 2.33. The Labute approximate surface area is 167 Å². The van der Waals surface area contributed by atoms with E-state index in [9.17, 15) is 4.79 Å². The van der Waals surface area contributed by atoms with E-state index in [-0.39, 0.29) is 11.7 Å². The third-order valence-electron chi connectivity index (χ3n) is 4.42. The average molecular weight is 429 g/mol. The molecule has 2 aromatic carbocycles. The molecule has 0 bridgehead atoms. The molecule has 0 aliphatic rings. The van der Waals surface area contributed by atoms with Crippen LogP contribution >= 0.6 is 27.5 Å². The third-order valence-corrected chi connectivity index (χ3v) is 5.18. The molecular formula is C22H19BrClNO. The highest BCUT2D eigenvalue weighted by Gasteiger charge is 2.20. The number of carbonyl (C=O) groups is 1. The van der Waals surface area contributed by atoms with Crippen LogP contribution in [0.3, 0.4) is 0 Å². The molecule has 4 heteroatoms. The number of nitrogens with zero attached hydrogens (tertiary/aromatic N) is 1. The van der Waals surface area contributed by atoms with Crippen LogP contribution in [-0.4, -0.2) is 10.8 Å². The van der Waals surface area contributed by atoms with Crippen molar-refractivity contribution in [2.45, 2.75) is 25.7 Å². The van der Waals surface area contributed by atoms with Crippen molar-refractivity contribution < 1.29 is 4.79 Å². The van der Waals surface area contributed by atoms with Gasteiger partial charge in [0.15, 0.2) is 0 Å². The molecule has 1 atom stereocenters. The maximum absolute atomic E-state index is 12.7. The molecule has 1 aromatic heterocycles. The molecule has 2 nitrogen and oxygen atoms in total. The van der Waals surface area contributed by atoms with E-state index in [2.05, 4.69) is 33.0 Å². The number of hydrogen-bond donors (Lipinski definition) is 0. The lowest BCUT2D eigenvalue weighted by Crippen LogP contribution is -2.12. The summed E-state index contributed by atoms with van der Waals surface area (Å²) in [4.78, 5) is 17.0. The van der Waals surface area contributed by atoms with Gasteiger partial charge in [-0.15, -0.1) is 0 Å². The van der Waals surface area contributed by atoms with E-state index in [0.29, 0.717) is 17.9 Å². The molecule has 1 heterocycles. The first kappa shape index (κ1) is 18.8. The number of aryl methyl sites for hydroxylation is 1. The smallest absolute Gasteiger partial charge is 0.139 e. The fourth-order valence-corrected chi connectivity index (χ4v) is 3.63. The minimum Gasteiger partial charge on any atom is -0.299 e. The summed E-state index contributed by atoms with van der Waals surface area (Å²) in [6, 6.07) is 19.7. The standard InChI is InChI=1S/C22H19BrClNO/c1-15-12-18(24)9-10-21(15)22(16-5-7-17(23)8-6-16)14-20(26)13-19-4-2-3-11-25-19/h2-12,22H,13-14H2,1H3/t22-/m1/s1. The van der Waals surface area contributed by atoms with Gasteiger partial charge in [-0.2, -0.15) is 0 Å². The lowest BCUT2D eigenvalue weighted by atomic mass is 9.84. The van der Waals surface area contributed by atoms with Gasteiger partial charge in [0.05, 0.1) is 0 Å². The molecule has 0 amide bonds. The van der Waals surface area contributed by atoms with Crippen LogP contribution in [-0.2, 0) is 11.2 Å². The molecule has 0 saturated carbocycles. The molecule has 3 aromatic rings. The number of benzene rings is 2. The molecule has 0 fully saturated rings. The summed E-state index contributed by atoms with van der Waals surface area (Å²) in [6.45, 7) is 2.04. The zero-order chi connectivity index (χ0) is 18.5. The molecule has 132 valence electrons. The van der Waals surface area contributed by atoms with Gasteiger partial charge in [0.1, 0.15) is 5.78 Å². The molecule has 3 rings (SSSR count). The van der Waals surface area contributed by atoms with Crippen molar-refractivity contribution in [1.29, 1.82) is 0 Å². The topological polar surface area (TPSA) is 30.0 Å². The van der Waals surface area contributed by atoms with Crippen molar-refractivity contribution in [3.8, 4) is 0 Å². The second kappa shape index (κ2) is 8.61. The molecule has 0 saturated heterocycles. The minimum atomic E-state index is -0.00317. The summed E-state index contributed by atoms with van der Waals surface area (Å²) in [6.07, 6.45) is 2.50. The summed E-state index contributed by atoms with van der Waals surface area (Å²) in [5.74, 6) is 0.169. The molecule has 0 radical (unpaired) electrons. The first-order valence-electron chi connectivity index (χ1n) is 8.46. The molecule has 0 aliphatic heterocycles. The van der Waals surface area contributed by atoms with E-state index in [4.69, 9.17) is 11.6 Å². The van der Waals surface area contributed by atoms with Gasteiger partial charge in [0.2, 0.25) is 0 Å². The summed E-state index contributed by atoms with van der Waals surface area (Å²) in [5.41, 5.74) is 4.15. The zero-order valence-corrected chi connectivity index (χ0v) is 16.8. The Balaban J connectivity index is 1.90. The number of rotatable bonds is 6. The minimum absolute atomic E-state index is 0.00317. The van der Waals surface area contributed by atoms with Gasteiger partial charge in [-0.05, 0) is 60.0 Å². The van der Waals surface area contributed by atoms with E-state index in [1.54, 1.807) is 6.20 Å². The number of halogens is 2. The quantitative estimate of drug-likeness (QED) is 0.472. The molecule has 26 heavy (non-hydrogen) atoms. The number of ketones is 1. The van der Waals surface area contributed by atoms with Crippen LogP contribution < -0.4 is 0 Å². The Bertz CT molecular complexity index is 894. The van der Waals surface area contributed by atoms with Crippen LogP contribution in [0.15, 0.2) is 71.3 Å². The van der Waals surface area contributed by atoms with Crippen LogP contribution in [0.1, 0.15) is 34.7 Å². The second-order valence-corrected chi connectivity index (χ2v) is 7.70. The van der Waals surface area contributed by atoms with Gasteiger partial charge in [-0.3, -0.25) is 9.78 Å². The Morgan fingerprint density at radius 1 is 1.12 bits per heavy atom. The van der Waals surface area contributed by atoms with Crippen molar-refractivity contribution in [2.75, 3.05) is 0 Å². The zero-order valence-electron chi connectivity index (χ0n) is 14.5. The van der Waals surface area contributed by atoms with Crippen LogP contribution in [0.5, 0.6) is 0 Å². The highest BCUT2D eigenvalue weighted by molar-refractivity contribution is 9.10. The van der Waals surface area contributed by atoms with Gasteiger partial charge in [-0.25, -0.2) is 0 Å². The van der Waals surface area contributed by atoms with Crippen molar-refractivity contribution in [1.82, 2.24) is 4.98 Å². The Morgan fingerprint density at radius 3 is 2.54 bits per heavy atom. The number of hydrogen-bond acceptors (Lipinski definition) is 2. The number of carbonyl (C=O) groups excluding carboxylic acids is 1. The number of Topliss-reactive ketones (excluding diaryl/α,β-unsaturated/α-hetero) is 1. The Kier molecular flexibility index (Phi) is 6.23. The largest absolute Gasteiger partial charge is 0.299 e. The molecule has 0 spiro atoms. The Morgan fingerprint density at radius 2 is 1.88 bits per heavy atom. The van der Waals surface area contributed by atoms with Gasteiger partial charge in [-0.1, -0.05) is 51.8 Å². The predicted molar refractivity (Wildman–Crippen MR) is 110 cm³/mol. The first-order chi connectivity index (χ1) is 12.5. The van der Waals surface area contributed by atoms with Gasteiger partial charge in [0, 0.05) is 40.1 Å². The highest BCUT2D eigenvalue weighted by atomic mass is 79.9. The van der Waals surface area contributed by atoms with Crippen molar-refractivity contribution in [3.05, 3.63) is 98.7 Å². The van der Waals surface area contributed by atoms with Crippen molar-refractivity contribution >= 4 is 33.3 Å². The maximum atomic E-state index is 12.7. The lowest BCUT2D eigenvalue weighted by molar-refractivity contribution is -0.118. The first-order valence-corrected chi connectivity index (χ1v) is 9.63. The molecule has 0 unspecified atom stereocenters. The average Bonchev–Trinajstić information content (AvgIpc) is 2.62. The second-order valence-electron chi connectivity index (χ2n) is 6.35. The fraction of sp³-hybridized carbons (Fsp3) is 0.182. The summed E-state index contributed by atoms with van der Waals surface area (Å²) in [5, 5.41) is 0.709. The van der Waals surface area contributed by atoms with E-state index in [1.807, 2.05) is 55.5 Å². The number of aromatic nitrogens is 1. The van der Waals surface area contributed by atoms with Crippen LogP contribution in [0, 0.1) is 6.92 Å². The predicted octanol–water partition coefficient (Wildman–Crippen LogP) is 6.14. The summed E-state index contributed by atoms with van der Waals surface area (Å²) < 4.78 is 1.02. The summed E-state index contributed by atoms with van der Waals surface area (Å²) >= 11 is 9.60. The van der Waals surface area contributed by atoms with E-state index >= 15 is 0 Å². The fourth-order valence-electron chi connectivity index (χ4n) is 3.14. The monoisotopic (exact) mass is 427 g/mol. The van der Waals surface area contributed by atoms with E-state index < -0.39 is 0 Å². The SMILES string of the molecule is Cc1cc(Cl)ccc1[C@H](CC(=O)Cc1ccccn1)c1ccc(Br)cc1. The van der Waals surface area contributed by atoms with Crippen molar-refractivity contribution in [3.63, 3.8) is 0 Å². The molecule has 0 aliphatic carbocycles. The van der Waals surface area contributed by atoms with Crippen LogP contribution in [0.25, 0.3) is 0 Å². The van der Waals surface area contributed by atoms with E-state index in [0.717, 1.165) is 26.9 Å². The van der Waals surface area contributed by atoms with Crippen LogP contribution in [0.2, 0.25) is 5.02 Å². The van der Waals surface area contributed by atoms with E-state index in [1.165, 1.54) is 0 Å².